The van der Waals surface area contributed by atoms with Gasteiger partial charge in [-0.2, -0.15) is 0 Å². The van der Waals surface area contributed by atoms with Crippen molar-refractivity contribution >= 4 is 40.3 Å². The maximum atomic E-state index is 11.2. The highest BCUT2D eigenvalue weighted by Gasteiger charge is 2.16. The van der Waals surface area contributed by atoms with E-state index >= 15 is 0 Å². The molecule has 0 aliphatic rings. The number of halogens is 1. The van der Waals surface area contributed by atoms with Gasteiger partial charge in [-0.1, -0.05) is 0 Å². The van der Waals surface area contributed by atoms with Crippen molar-refractivity contribution in [1.82, 2.24) is 0 Å². The van der Waals surface area contributed by atoms with Crippen LogP contribution in [0.3, 0.4) is 0 Å². The van der Waals surface area contributed by atoms with Crippen LogP contribution in [0.15, 0.2) is 12.1 Å². The van der Waals surface area contributed by atoms with E-state index in [9.17, 15) is 19.7 Å². The molecular weight excluding hydrogens is 313 g/mol. The standard InChI is InChI=1S/C9H6INO4/c1-5(13)8-3-7(11(14)15)2-6(4-12)9(8)10/h2-4H,1H3. The predicted molar refractivity (Wildman–Crippen MR) is 61.2 cm³/mol. The fourth-order valence-corrected chi connectivity index (χ4v) is 1.90. The minimum atomic E-state index is -0.629. The topological polar surface area (TPSA) is 77.3 Å². The molecule has 0 heterocycles. The van der Waals surface area contributed by atoms with E-state index < -0.39 is 4.92 Å². The lowest BCUT2D eigenvalue weighted by Gasteiger charge is -2.02. The van der Waals surface area contributed by atoms with Crippen LogP contribution in [-0.4, -0.2) is 17.0 Å². The number of rotatable bonds is 3. The summed E-state index contributed by atoms with van der Waals surface area (Å²) in [6.45, 7) is 1.30. The molecule has 0 saturated carbocycles. The number of non-ortho nitro benzene ring substituents is 1. The molecule has 0 fully saturated rings. The first-order chi connectivity index (χ1) is 6.97. The van der Waals surface area contributed by atoms with Gasteiger partial charge in [0.15, 0.2) is 12.1 Å². The van der Waals surface area contributed by atoms with Gasteiger partial charge >= 0.3 is 0 Å². The Labute approximate surface area is 98.8 Å². The molecular formula is C9H6INO4. The monoisotopic (exact) mass is 319 g/mol. The van der Waals surface area contributed by atoms with Crippen molar-refractivity contribution in [2.75, 3.05) is 0 Å². The molecule has 0 saturated heterocycles. The van der Waals surface area contributed by atoms with Crippen molar-refractivity contribution < 1.29 is 14.5 Å². The first-order valence-corrected chi connectivity index (χ1v) is 4.99. The van der Waals surface area contributed by atoms with Gasteiger partial charge in [-0.3, -0.25) is 19.7 Å². The van der Waals surface area contributed by atoms with Crippen LogP contribution in [0.4, 0.5) is 5.69 Å². The zero-order chi connectivity index (χ0) is 11.6. The second kappa shape index (κ2) is 4.47. The smallest absolute Gasteiger partial charge is 0.270 e. The van der Waals surface area contributed by atoms with Crippen molar-refractivity contribution in [3.05, 3.63) is 36.9 Å². The molecule has 0 amide bonds. The molecule has 0 aliphatic heterocycles. The number of nitro groups is 1. The summed E-state index contributed by atoms with van der Waals surface area (Å²) in [6, 6.07) is 2.33. The van der Waals surface area contributed by atoms with Gasteiger partial charge in [-0.15, -0.1) is 0 Å². The number of carbonyl (C=O) groups is 2. The van der Waals surface area contributed by atoms with Crippen molar-refractivity contribution in [3.63, 3.8) is 0 Å². The first kappa shape index (κ1) is 11.8. The highest BCUT2D eigenvalue weighted by molar-refractivity contribution is 14.1. The van der Waals surface area contributed by atoms with E-state index in [1.807, 2.05) is 22.6 Å². The highest BCUT2D eigenvalue weighted by atomic mass is 127. The molecule has 0 N–H and O–H groups in total. The fourth-order valence-electron chi connectivity index (χ4n) is 1.08. The fraction of sp³-hybridized carbons (Fsp3) is 0.111. The van der Waals surface area contributed by atoms with Gasteiger partial charge in [0.05, 0.1) is 4.92 Å². The minimum Gasteiger partial charge on any atom is -0.298 e. The third-order valence-corrected chi connectivity index (χ3v) is 3.01. The van der Waals surface area contributed by atoms with E-state index in [0.717, 1.165) is 6.07 Å². The average molecular weight is 319 g/mol. The summed E-state index contributed by atoms with van der Waals surface area (Å²) in [5.41, 5.74) is 0.115. The normalized spacial score (nSPS) is 9.73. The molecule has 0 aromatic heterocycles. The summed E-state index contributed by atoms with van der Waals surface area (Å²) >= 11 is 1.82. The van der Waals surface area contributed by atoms with Crippen molar-refractivity contribution in [3.8, 4) is 0 Å². The molecule has 5 nitrogen and oxygen atoms in total. The third kappa shape index (κ3) is 2.38. The number of hydrogen-bond donors (Lipinski definition) is 0. The Hall–Kier alpha value is -1.31. The van der Waals surface area contributed by atoms with Crippen LogP contribution in [0.5, 0.6) is 0 Å². The number of benzene rings is 1. The van der Waals surface area contributed by atoms with Crippen molar-refractivity contribution in [2.24, 2.45) is 0 Å². The Morgan fingerprint density at radius 3 is 2.53 bits per heavy atom. The van der Waals surface area contributed by atoms with Gasteiger partial charge in [-0.05, 0) is 29.5 Å². The summed E-state index contributed by atoms with van der Waals surface area (Å²) in [7, 11) is 0. The molecule has 0 spiro atoms. The number of ketones is 1. The van der Waals surface area contributed by atoms with Crippen LogP contribution in [0, 0.1) is 13.7 Å². The summed E-state index contributed by atoms with van der Waals surface area (Å²) in [6.07, 6.45) is 0.501. The molecule has 1 aromatic rings. The molecule has 0 atom stereocenters. The lowest BCUT2D eigenvalue weighted by atomic mass is 10.1. The van der Waals surface area contributed by atoms with Crippen molar-refractivity contribution in [2.45, 2.75) is 6.92 Å². The molecule has 1 rings (SSSR count). The number of nitrogens with zero attached hydrogens (tertiary/aromatic N) is 1. The summed E-state index contributed by atoms with van der Waals surface area (Å²) in [4.78, 5) is 31.7. The first-order valence-electron chi connectivity index (χ1n) is 3.91. The molecule has 1 aromatic carbocycles. The number of aldehydes is 1. The second-order valence-electron chi connectivity index (χ2n) is 2.83. The Balaban J connectivity index is 3.51. The van der Waals surface area contributed by atoms with E-state index in [2.05, 4.69) is 0 Å². The van der Waals surface area contributed by atoms with Crippen LogP contribution in [0.1, 0.15) is 27.6 Å². The van der Waals surface area contributed by atoms with Gasteiger partial charge < -0.3 is 0 Å². The predicted octanol–water partition coefficient (Wildman–Crippen LogP) is 2.21. The number of nitro benzene ring substituents is 1. The summed E-state index contributed by atoms with van der Waals surface area (Å²) in [5, 5.41) is 10.5. The zero-order valence-corrected chi connectivity index (χ0v) is 9.85. The van der Waals surface area contributed by atoms with E-state index in [1.165, 1.54) is 13.0 Å². The Morgan fingerprint density at radius 1 is 1.53 bits per heavy atom. The Morgan fingerprint density at radius 2 is 2.13 bits per heavy atom. The molecule has 0 aliphatic carbocycles. The van der Waals surface area contributed by atoms with E-state index in [4.69, 9.17) is 0 Å². The lowest BCUT2D eigenvalue weighted by Crippen LogP contribution is -2.02. The summed E-state index contributed by atoms with van der Waals surface area (Å²) < 4.78 is 0.445. The maximum absolute atomic E-state index is 11.2. The minimum absolute atomic E-state index is 0.162. The highest BCUT2D eigenvalue weighted by Crippen LogP contribution is 2.23. The Bertz CT molecular complexity index is 456. The van der Waals surface area contributed by atoms with Crippen LogP contribution >= 0.6 is 22.6 Å². The van der Waals surface area contributed by atoms with Gasteiger partial charge in [0, 0.05) is 26.8 Å². The van der Waals surface area contributed by atoms with Gasteiger partial charge in [0.1, 0.15) is 0 Å². The number of Topliss-reactive ketones (excluding diaryl/α,β-unsaturated/α-hetero) is 1. The maximum Gasteiger partial charge on any atom is 0.270 e. The molecule has 15 heavy (non-hydrogen) atoms. The lowest BCUT2D eigenvalue weighted by molar-refractivity contribution is -0.384. The van der Waals surface area contributed by atoms with Crippen LogP contribution in [0.25, 0.3) is 0 Å². The van der Waals surface area contributed by atoms with Crippen molar-refractivity contribution in [1.29, 1.82) is 0 Å². The van der Waals surface area contributed by atoms with E-state index in [1.54, 1.807) is 0 Å². The SMILES string of the molecule is CC(=O)c1cc([N+](=O)[O-])cc(C=O)c1I. The second-order valence-corrected chi connectivity index (χ2v) is 3.91. The molecule has 0 radical (unpaired) electrons. The van der Waals surface area contributed by atoms with E-state index in [0.29, 0.717) is 9.86 Å². The zero-order valence-electron chi connectivity index (χ0n) is 7.69. The van der Waals surface area contributed by atoms with Gasteiger partial charge in [-0.25, -0.2) is 0 Å². The largest absolute Gasteiger partial charge is 0.298 e. The van der Waals surface area contributed by atoms with Crippen LogP contribution in [-0.2, 0) is 0 Å². The van der Waals surface area contributed by atoms with Crippen LogP contribution < -0.4 is 0 Å². The molecule has 0 bridgehead atoms. The molecule has 78 valence electrons. The average Bonchev–Trinajstić information content (AvgIpc) is 2.17. The van der Waals surface area contributed by atoms with Crippen LogP contribution in [0.2, 0.25) is 0 Å². The van der Waals surface area contributed by atoms with E-state index in [-0.39, 0.29) is 22.6 Å². The third-order valence-electron chi connectivity index (χ3n) is 1.80. The number of carbonyl (C=O) groups excluding carboxylic acids is 2. The van der Waals surface area contributed by atoms with Gasteiger partial charge in [0.25, 0.3) is 5.69 Å². The molecule has 6 heteroatoms. The number of hydrogen-bond acceptors (Lipinski definition) is 4. The Kier molecular flexibility index (Phi) is 3.51. The summed E-state index contributed by atoms with van der Waals surface area (Å²) in [5.74, 6) is -0.300. The van der Waals surface area contributed by atoms with Gasteiger partial charge in [0.2, 0.25) is 0 Å². The quantitative estimate of drug-likeness (QED) is 0.281. The molecule has 0 unspecified atom stereocenters.